The third-order valence-electron chi connectivity index (χ3n) is 6.93. The number of hydrogen-bond acceptors (Lipinski definition) is 4. The molecule has 1 amide bonds. The fourth-order valence-corrected chi connectivity index (χ4v) is 5.88. The molecule has 0 aromatic heterocycles. The minimum absolute atomic E-state index is 0.157. The lowest BCUT2D eigenvalue weighted by Crippen LogP contribution is -2.51. The number of nitrogens with zero attached hydrogens (tertiary/aromatic N) is 3. The van der Waals surface area contributed by atoms with Crippen LogP contribution in [0.2, 0.25) is 0 Å². The summed E-state index contributed by atoms with van der Waals surface area (Å²) in [5, 5.41) is 9.99. The van der Waals surface area contributed by atoms with Gasteiger partial charge in [-0.3, -0.25) is 9.89 Å². The molecule has 162 valence electrons. The van der Waals surface area contributed by atoms with E-state index in [0.29, 0.717) is 11.5 Å². The van der Waals surface area contributed by atoms with Crippen molar-refractivity contribution in [3.8, 4) is 0 Å². The highest BCUT2D eigenvalue weighted by Gasteiger charge is 2.61. The highest BCUT2D eigenvalue weighted by Crippen LogP contribution is 2.62. The summed E-state index contributed by atoms with van der Waals surface area (Å²) in [6.45, 7) is 7.56. The maximum Gasteiger partial charge on any atom is 0.413 e. The van der Waals surface area contributed by atoms with Gasteiger partial charge in [-0.2, -0.15) is 0 Å². The van der Waals surface area contributed by atoms with Gasteiger partial charge in [0, 0.05) is 28.1 Å². The molecule has 3 aliphatic rings. The number of methoxy groups -OCH3 is 1. The van der Waals surface area contributed by atoms with Gasteiger partial charge in [-0.15, -0.1) is 0 Å². The lowest BCUT2D eigenvalue weighted by molar-refractivity contribution is -0.000592. The number of carboxylic acid groups (broad SMARTS) is 1. The highest BCUT2D eigenvalue weighted by atomic mass is 79.9. The molecular weight excluding hydrogens is 446 g/mol. The summed E-state index contributed by atoms with van der Waals surface area (Å²) in [7, 11) is 1.78. The van der Waals surface area contributed by atoms with Crippen LogP contribution in [-0.4, -0.2) is 46.4 Å². The van der Waals surface area contributed by atoms with E-state index in [1.54, 1.807) is 7.11 Å². The van der Waals surface area contributed by atoms with E-state index in [9.17, 15) is 9.90 Å². The van der Waals surface area contributed by atoms with Crippen LogP contribution in [0, 0.1) is 5.41 Å². The Labute approximate surface area is 186 Å². The zero-order valence-electron chi connectivity index (χ0n) is 18.3. The number of rotatable bonds is 1. The van der Waals surface area contributed by atoms with Crippen LogP contribution in [0.3, 0.4) is 0 Å². The highest BCUT2D eigenvalue weighted by molar-refractivity contribution is 9.10. The van der Waals surface area contributed by atoms with Crippen LogP contribution in [0.4, 0.5) is 4.79 Å². The van der Waals surface area contributed by atoms with E-state index in [0.717, 1.165) is 42.1 Å². The van der Waals surface area contributed by atoms with Crippen LogP contribution in [0.1, 0.15) is 64.5 Å². The predicted molar refractivity (Wildman–Crippen MR) is 121 cm³/mol. The summed E-state index contributed by atoms with van der Waals surface area (Å²) in [5.74, 6) is 0.469. The van der Waals surface area contributed by atoms with Crippen LogP contribution >= 0.6 is 15.9 Å². The van der Waals surface area contributed by atoms with E-state index >= 15 is 0 Å². The van der Waals surface area contributed by atoms with Crippen molar-refractivity contribution in [3.63, 3.8) is 0 Å². The minimum atomic E-state index is -1.00. The van der Waals surface area contributed by atoms with Crippen LogP contribution in [0.15, 0.2) is 32.7 Å². The molecule has 0 bridgehead atoms. The predicted octanol–water partition coefficient (Wildman–Crippen LogP) is 5.38. The Balaban J connectivity index is 1.90. The fraction of sp³-hybridized carbons (Fsp3) is 0.609. The van der Waals surface area contributed by atoms with Crippen molar-refractivity contribution in [2.24, 2.45) is 15.4 Å². The summed E-state index contributed by atoms with van der Waals surface area (Å²) in [5.41, 5.74) is 1.49. The maximum atomic E-state index is 12.2. The second-order valence-electron chi connectivity index (χ2n) is 9.79. The first kappa shape index (κ1) is 21.5. The first-order valence-electron chi connectivity index (χ1n) is 10.5. The largest absolute Gasteiger partial charge is 0.465 e. The van der Waals surface area contributed by atoms with Crippen molar-refractivity contribution >= 4 is 33.6 Å². The van der Waals surface area contributed by atoms with Crippen molar-refractivity contribution in [1.29, 1.82) is 0 Å². The molecule has 4 rings (SSSR count). The number of aliphatic imine (C=N–C) groups is 2. The number of fused-ring (bicyclic) bond motifs is 3. The Morgan fingerprint density at radius 2 is 1.93 bits per heavy atom. The number of amidine groups is 1. The van der Waals surface area contributed by atoms with Gasteiger partial charge in [0.2, 0.25) is 0 Å². The molecule has 2 aliphatic carbocycles. The Kier molecular flexibility index (Phi) is 5.13. The van der Waals surface area contributed by atoms with E-state index < -0.39 is 17.3 Å². The van der Waals surface area contributed by atoms with Crippen molar-refractivity contribution in [2.45, 2.75) is 77.1 Å². The van der Waals surface area contributed by atoms with Crippen LogP contribution in [0.5, 0.6) is 0 Å². The molecule has 1 aromatic carbocycles. The van der Waals surface area contributed by atoms with Gasteiger partial charge in [0.25, 0.3) is 0 Å². The fourth-order valence-electron chi connectivity index (χ4n) is 5.52. The summed E-state index contributed by atoms with van der Waals surface area (Å²) in [6.07, 6.45) is 4.01. The smallest absolute Gasteiger partial charge is 0.413 e. The van der Waals surface area contributed by atoms with Gasteiger partial charge in [0.1, 0.15) is 0 Å². The van der Waals surface area contributed by atoms with Gasteiger partial charge in [-0.1, -0.05) is 22.0 Å². The number of carbonyl (C=O) groups is 1. The zero-order valence-corrected chi connectivity index (χ0v) is 19.9. The zero-order chi connectivity index (χ0) is 21.9. The van der Waals surface area contributed by atoms with Crippen molar-refractivity contribution in [3.05, 3.63) is 33.8 Å². The Bertz CT molecular complexity index is 942. The lowest BCUT2D eigenvalue weighted by atomic mass is 9.65. The Morgan fingerprint density at radius 1 is 1.27 bits per heavy atom. The second kappa shape index (κ2) is 7.16. The normalized spacial score (nSPS) is 30.4. The molecule has 0 saturated heterocycles. The third-order valence-corrected chi connectivity index (χ3v) is 7.43. The molecule has 1 atom stereocenters. The van der Waals surface area contributed by atoms with Gasteiger partial charge >= 0.3 is 6.09 Å². The molecule has 7 heteroatoms. The topological polar surface area (TPSA) is 74.5 Å². The van der Waals surface area contributed by atoms with E-state index in [1.807, 2.05) is 27.7 Å². The molecule has 1 heterocycles. The van der Waals surface area contributed by atoms with E-state index in [-0.39, 0.29) is 11.5 Å². The molecule has 1 fully saturated rings. The molecule has 1 saturated carbocycles. The molecule has 30 heavy (non-hydrogen) atoms. The first-order valence-corrected chi connectivity index (χ1v) is 11.3. The van der Waals surface area contributed by atoms with E-state index in [4.69, 9.17) is 14.7 Å². The molecule has 1 N–H and O–H groups in total. The maximum absolute atomic E-state index is 12.2. The molecule has 0 radical (unpaired) electrons. The van der Waals surface area contributed by atoms with Crippen molar-refractivity contribution in [1.82, 2.24) is 4.90 Å². The number of benzene rings is 1. The average molecular weight is 476 g/mol. The molecule has 6 nitrogen and oxygen atoms in total. The first-order chi connectivity index (χ1) is 14.0. The van der Waals surface area contributed by atoms with Gasteiger partial charge < -0.3 is 9.84 Å². The number of amides is 1. The van der Waals surface area contributed by atoms with Gasteiger partial charge in [0.05, 0.1) is 11.8 Å². The van der Waals surface area contributed by atoms with Gasteiger partial charge in [0.15, 0.2) is 11.5 Å². The van der Waals surface area contributed by atoms with Crippen LogP contribution in [-0.2, 0) is 16.8 Å². The van der Waals surface area contributed by atoms with Crippen LogP contribution < -0.4 is 0 Å². The van der Waals surface area contributed by atoms with Crippen molar-refractivity contribution < 1.29 is 14.6 Å². The van der Waals surface area contributed by atoms with Crippen LogP contribution in [0.25, 0.3) is 0 Å². The molecule has 1 aliphatic heterocycles. The Hall–Kier alpha value is -1.73. The molecule has 2 spiro atoms. The summed E-state index contributed by atoms with van der Waals surface area (Å²) in [6, 6.07) is 6.36. The van der Waals surface area contributed by atoms with E-state index in [2.05, 4.69) is 34.1 Å². The van der Waals surface area contributed by atoms with Crippen molar-refractivity contribution in [2.75, 3.05) is 7.11 Å². The number of ether oxygens (including phenoxy) is 1. The quantitative estimate of drug-likeness (QED) is 0.591. The Morgan fingerprint density at radius 3 is 2.50 bits per heavy atom. The monoisotopic (exact) mass is 475 g/mol. The lowest BCUT2D eigenvalue weighted by Gasteiger charge is -2.44. The second-order valence-corrected chi connectivity index (χ2v) is 10.7. The summed E-state index contributed by atoms with van der Waals surface area (Å²) < 4.78 is 6.62. The molecule has 1 unspecified atom stereocenters. The summed E-state index contributed by atoms with van der Waals surface area (Å²) in [4.78, 5) is 23.9. The molecule has 1 aromatic rings. The van der Waals surface area contributed by atoms with Gasteiger partial charge in [-0.25, -0.2) is 9.79 Å². The molecular formula is C23H30BrN3O3. The minimum Gasteiger partial charge on any atom is -0.465 e. The average Bonchev–Trinajstić information content (AvgIpc) is 3.11. The SMILES string of the molecule is CO[C@H]1CC[C@]2(CC1)Cc1ccc(Br)cc1C21N=C(C)C(N(C(=O)O)C(C)(C)C)=N1. The standard InChI is InChI=1S/C23H30BrN3O3/c1-14-19(27(20(28)29)21(2,3)4)26-23(25-14)18-12-16(24)7-6-15(18)13-22(23)10-8-17(30-5)9-11-22/h6-7,12,17H,8-11,13H2,1-5H3,(H,28,29)/t17-,22-,23?. The van der Waals surface area contributed by atoms with Gasteiger partial charge in [-0.05, 0) is 77.5 Å². The number of halogens is 1. The van der Waals surface area contributed by atoms with E-state index in [1.165, 1.54) is 10.5 Å². The number of hydrogen-bond donors (Lipinski definition) is 1. The summed E-state index contributed by atoms with van der Waals surface area (Å²) >= 11 is 3.62. The third kappa shape index (κ3) is 3.12.